The Bertz CT molecular complexity index is 2210. The minimum atomic E-state index is -0.453. The van der Waals surface area contributed by atoms with E-state index < -0.39 is 5.41 Å². The SMILES string of the molecule is CN(C1=CC2=C(CC1)c1ccc(-n3c4ccccc4c4ccccc43)cc1C2(c1ccccc1)c1ccccc1)c1ccccc1. The first kappa shape index (κ1) is 26.8. The lowest BCUT2D eigenvalue weighted by molar-refractivity contribution is 0.748. The fraction of sp³-hybridized carbons (Fsp3) is 0.0909. The number of allylic oxidation sites excluding steroid dienone is 4. The summed E-state index contributed by atoms with van der Waals surface area (Å²) in [5.41, 5.74) is 13.9. The van der Waals surface area contributed by atoms with Gasteiger partial charge in [0.2, 0.25) is 0 Å². The fourth-order valence-electron chi connectivity index (χ4n) is 8.17. The zero-order chi connectivity index (χ0) is 30.7. The van der Waals surface area contributed by atoms with Crippen molar-refractivity contribution in [3.8, 4) is 5.69 Å². The topological polar surface area (TPSA) is 8.17 Å². The lowest BCUT2D eigenvalue weighted by Crippen LogP contribution is -2.31. The van der Waals surface area contributed by atoms with Crippen molar-refractivity contribution in [1.29, 1.82) is 0 Å². The molecule has 1 heterocycles. The number of aromatic nitrogens is 1. The Morgan fingerprint density at radius 3 is 1.72 bits per heavy atom. The van der Waals surface area contributed by atoms with Crippen LogP contribution in [-0.2, 0) is 5.41 Å². The molecule has 7 aromatic rings. The van der Waals surface area contributed by atoms with E-state index in [2.05, 4.69) is 180 Å². The number of hydrogen-bond donors (Lipinski definition) is 0. The Kier molecular flexibility index (Phi) is 6.11. The average Bonchev–Trinajstić information content (AvgIpc) is 3.62. The second-order valence-corrected chi connectivity index (χ2v) is 12.5. The second kappa shape index (κ2) is 10.5. The van der Waals surface area contributed by atoms with Crippen molar-refractivity contribution in [2.45, 2.75) is 18.3 Å². The van der Waals surface area contributed by atoms with Gasteiger partial charge in [-0.15, -0.1) is 0 Å². The summed E-state index contributed by atoms with van der Waals surface area (Å²) in [7, 11) is 2.21. The van der Waals surface area contributed by atoms with Gasteiger partial charge in [-0.2, -0.15) is 0 Å². The maximum absolute atomic E-state index is 2.51. The Labute approximate surface area is 270 Å². The van der Waals surface area contributed by atoms with Gasteiger partial charge in [-0.3, -0.25) is 0 Å². The summed E-state index contributed by atoms with van der Waals surface area (Å²) >= 11 is 0. The Hall–Kier alpha value is -5.60. The van der Waals surface area contributed by atoms with Crippen LogP contribution in [0.25, 0.3) is 33.1 Å². The van der Waals surface area contributed by atoms with E-state index in [9.17, 15) is 0 Å². The van der Waals surface area contributed by atoms with Crippen LogP contribution in [0.3, 0.4) is 0 Å². The van der Waals surface area contributed by atoms with Crippen molar-refractivity contribution < 1.29 is 0 Å². The summed E-state index contributed by atoms with van der Waals surface area (Å²) in [5, 5.41) is 2.56. The molecule has 46 heavy (non-hydrogen) atoms. The van der Waals surface area contributed by atoms with Crippen LogP contribution in [0.15, 0.2) is 175 Å². The van der Waals surface area contributed by atoms with E-state index in [0.717, 1.165) is 12.8 Å². The highest BCUT2D eigenvalue weighted by Gasteiger charge is 2.48. The van der Waals surface area contributed by atoms with Crippen molar-refractivity contribution in [3.63, 3.8) is 0 Å². The molecular formula is C44H34N2. The number of benzene rings is 6. The molecule has 0 atom stereocenters. The van der Waals surface area contributed by atoms with E-state index in [0.29, 0.717) is 0 Å². The molecule has 0 fully saturated rings. The zero-order valence-electron chi connectivity index (χ0n) is 25.9. The molecule has 0 amide bonds. The zero-order valence-corrected chi connectivity index (χ0v) is 25.9. The summed E-state index contributed by atoms with van der Waals surface area (Å²) in [5.74, 6) is 0. The first-order valence-electron chi connectivity index (χ1n) is 16.2. The van der Waals surface area contributed by atoms with Gasteiger partial charge in [0.15, 0.2) is 0 Å². The van der Waals surface area contributed by atoms with Crippen LogP contribution < -0.4 is 4.90 Å². The highest BCUT2D eigenvalue weighted by atomic mass is 15.1. The molecule has 1 aromatic heterocycles. The smallest absolute Gasteiger partial charge is 0.0711 e. The van der Waals surface area contributed by atoms with Crippen LogP contribution in [0.2, 0.25) is 0 Å². The van der Waals surface area contributed by atoms with Crippen LogP contribution in [0.1, 0.15) is 35.1 Å². The summed E-state index contributed by atoms with van der Waals surface area (Å²) in [6.07, 6.45) is 4.51. The molecule has 9 rings (SSSR count). The monoisotopic (exact) mass is 590 g/mol. The van der Waals surface area contributed by atoms with Crippen LogP contribution in [0.4, 0.5) is 5.69 Å². The molecule has 0 bridgehead atoms. The molecule has 0 unspecified atom stereocenters. The van der Waals surface area contributed by atoms with Crippen molar-refractivity contribution >= 4 is 33.1 Å². The third-order valence-electron chi connectivity index (χ3n) is 10.2. The molecule has 2 heteroatoms. The highest BCUT2D eigenvalue weighted by Crippen LogP contribution is 2.58. The van der Waals surface area contributed by atoms with Crippen LogP contribution >= 0.6 is 0 Å². The molecule has 2 nitrogen and oxygen atoms in total. The number of anilines is 1. The van der Waals surface area contributed by atoms with Crippen molar-refractivity contribution in [2.24, 2.45) is 0 Å². The van der Waals surface area contributed by atoms with Gasteiger partial charge in [0, 0.05) is 34.9 Å². The minimum Gasteiger partial charge on any atom is -0.348 e. The van der Waals surface area contributed by atoms with Crippen LogP contribution in [-0.4, -0.2) is 11.6 Å². The van der Waals surface area contributed by atoms with Crippen LogP contribution in [0, 0.1) is 0 Å². The summed E-state index contributed by atoms with van der Waals surface area (Å²) in [6, 6.07) is 57.9. The number of fused-ring (bicyclic) bond motifs is 5. The molecule has 0 spiro atoms. The van der Waals surface area contributed by atoms with Crippen LogP contribution in [0.5, 0.6) is 0 Å². The standard InChI is InChI=1S/C44H34N2/c1-45(33-19-9-4-10-20-33)34-25-27-36-37-28-26-35(46-42-23-13-11-21-38(42)39-22-12-14-24-43(39)46)30-41(37)44(40(36)29-34,31-15-5-2-6-16-31)32-17-7-3-8-18-32/h2-24,26,28-30H,25,27H2,1H3. The number of hydrogen-bond acceptors (Lipinski definition) is 1. The van der Waals surface area contributed by atoms with Crippen molar-refractivity contribution in [1.82, 2.24) is 4.57 Å². The molecule has 0 aliphatic heterocycles. The first-order valence-corrected chi connectivity index (χ1v) is 16.2. The van der Waals surface area contributed by atoms with Gasteiger partial charge in [0.05, 0.1) is 16.4 Å². The maximum atomic E-state index is 2.51. The predicted octanol–water partition coefficient (Wildman–Crippen LogP) is 10.7. The maximum Gasteiger partial charge on any atom is 0.0711 e. The molecule has 0 radical (unpaired) electrons. The molecule has 220 valence electrons. The molecule has 2 aliphatic rings. The van der Waals surface area contributed by atoms with E-state index in [1.54, 1.807) is 0 Å². The van der Waals surface area contributed by atoms with Gasteiger partial charge in [0.1, 0.15) is 0 Å². The third-order valence-corrected chi connectivity index (χ3v) is 10.2. The number of nitrogens with zero attached hydrogens (tertiary/aromatic N) is 2. The van der Waals surface area contributed by atoms with E-state index in [-0.39, 0.29) is 0 Å². The largest absolute Gasteiger partial charge is 0.348 e. The molecule has 0 N–H and O–H groups in total. The van der Waals surface area contributed by atoms with Gasteiger partial charge in [-0.25, -0.2) is 0 Å². The van der Waals surface area contributed by atoms with Crippen molar-refractivity contribution in [3.05, 3.63) is 197 Å². The predicted molar refractivity (Wildman–Crippen MR) is 193 cm³/mol. The molecular weight excluding hydrogens is 556 g/mol. The van der Waals surface area contributed by atoms with Gasteiger partial charge in [-0.1, -0.05) is 121 Å². The molecule has 0 saturated heterocycles. The Morgan fingerprint density at radius 1 is 0.565 bits per heavy atom. The Morgan fingerprint density at radius 2 is 1.11 bits per heavy atom. The lowest BCUT2D eigenvalue weighted by atomic mass is 9.66. The van der Waals surface area contributed by atoms with Gasteiger partial charge in [0.25, 0.3) is 0 Å². The molecule has 2 aliphatic carbocycles. The first-order chi connectivity index (χ1) is 22.7. The third kappa shape index (κ3) is 3.83. The average molecular weight is 591 g/mol. The van der Waals surface area contributed by atoms with Gasteiger partial charge in [-0.05, 0) is 88.7 Å². The van der Waals surface area contributed by atoms with E-state index in [1.165, 1.54) is 72.3 Å². The lowest BCUT2D eigenvalue weighted by Gasteiger charge is -2.37. The highest BCUT2D eigenvalue weighted by molar-refractivity contribution is 6.09. The Balaban J connectivity index is 1.34. The van der Waals surface area contributed by atoms with E-state index in [4.69, 9.17) is 0 Å². The number of rotatable bonds is 5. The normalized spacial score (nSPS) is 15.1. The quantitative estimate of drug-likeness (QED) is 0.194. The minimum absolute atomic E-state index is 0.453. The molecule has 6 aromatic carbocycles. The summed E-state index contributed by atoms with van der Waals surface area (Å²) in [6.45, 7) is 0. The van der Waals surface area contributed by atoms with E-state index in [1.807, 2.05) is 0 Å². The number of para-hydroxylation sites is 3. The van der Waals surface area contributed by atoms with E-state index >= 15 is 0 Å². The second-order valence-electron chi connectivity index (χ2n) is 12.5. The summed E-state index contributed by atoms with van der Waals surface area (Å²) in [4.78, 5) is 2.37. The molecule has 0 saturated carbocycles. The van der Waals surface area contributed by atoms with Crippen molar-refractivity contribution in [2.75, 3.05) is 11.9 Å². The fourth-order valence-corrected chi connectivity index (χ4v) is 8.17. The van der Waals surface area contributed by atoms with Gasteiger partial charge < -0.3 is 9.47 Å². The van der Waals surface area contributed by atoms with Gasteiger partial charge >= 0.3 is 0 Å². The summed E-state index contributed by atoms with van der Waals surface area (Å²) < 4.78 is 2.45.